The van der Waals surface area contributed by atoms with Gasteiger partial charge in [-0.1, -0.05) is 62.4 Å². The van der Waals surface area contributed by atoms with Gasteiger partial charge in [-0.3, -0.25) is 4.79 Å². The lowest BCUT2D eigenvalue weighted by Gasteiger charge is -2.41. The van der Waals surface area contributed by atoms with Gasteiger partial charge in [0.1, 0.15) is 11.4 Å². The predicted octanol–water partition coefficient (Wildman–Crippen LogP) is 4.43. The normalized spacial score (nSPS) is 18.3. The van der Waals surface area contributed by atoms with E-state index in [1.54, 1.807) is 0 Å². The largest absolute Gasteiger partial charge is 0.487 e. The Morgan fingerprint density at radius 1 is 1.08 bits per heavy atom. The highest BCUT2D eigenvalue weighted by Crippen LogP contribution is 2.42. The Labute approximate surface area is 144 Å². The maximum atomic E-state index is 12.5. The van der Waals surface area contributed by atoms with Crippen molar-refractivity contribution in [2.24, 2.45) is 0 Å². The first-order valence-corrected chi connectivity index (χ1v) is 8.77. The summed E-state index contributed by atoms with van der Waals surface area (Å²) >= 11 is 0. The van der Waals surface area contributed by atoms with Crippen molar-refractivity contribution in [3.63, 3.8) is 0 Å². The van der Waals surface area contributed by atoms with E-state index in [1.165, 1.54) is 0 Å². The molecule has 0 bridgehead atoms. The van der Waals surface area contributed by atoms with Crippen LogP contribution in [0.15, 0.2) is 54.6 Å². The predicted molar refractivity (Wildman–Crippen MR) is 96.0 cm³/mol. The Hall–Kier alpha value is -2.29. The molecule has 3 rings (SSSR count). The van der Waals surface area contributed by atoms with Crippen LogP contribution in [0.4, 0.5) is 0 Å². The Morgan fingerprint density at radius 3 is 2.46 bits per heavy atom. The zero-order chi connectivity index (χ0) is 17.0. The minimum absolute atomic E-state index is 0.00561. The van der Waals surface area contributed by atoms with Crippen molar-refractivity contribution in [3.05, 3.63) is 65.7 Å². The molecule has 3 heteroatoms. The van der Waals surface area contributed by atoms with Crippen molar-refractivity contribution in [2.45, 2.75) is 51.2 Å². The van der Waals surface area contributed by atoms with E-state index in [0.717, 1.165) is 36.1 Å². The molecule has 2 aromatic rings. The molecule has 0 radical (unpaired) electrons. The van der Waals surface area contributed by atoms with Crippen LogP contribution in [-0.4, -0.2) is 11.5 Å². The Kier molecular flexibility index (Phi) is 4.89. The van der Waals surface area contributed by atoms with Gasteiger partial charge in [0, 0.05) is 12.0 Å². The monoisotopic (exact) mass is 323 g/mol. The van der Waals surface area contributed by atoms with E-state index in [9.17, 15) is 4.79 Å². The zero-order valence-corrected chi connectivity index (χ0v) is 14.4. The fraction of sp³-hybridized carbons (Fsp3) is 0.381. The standard InChI is InChI=1S/C21H25NO2/c1-3-21(4-2)15-18(17-12-8-9-13-19(17)24-21)22-20(23)14-16-10-6-5-7-11-16/h5-13,18H,3-4,14-15H2,1-2H3,(H,22,23). The molecule has 24 heavy (non-hydrogen) atoms. The van der Waals surface area contributed by atoms with Crippen molar-refractivity contribution in [1.29, 1.82) is 0 Å². The van der Waals surface area contributed by atoms with Crippen LogP contribution < -0.4 is 10.1 Å². The van der Waals surface area contributed by atoms with Crippen LogP contribution >= 0.6 is 0 Å². The van der Waals surface area contributed by atoms with Gasteiger partial charge >= 0.3 is 0 Å². The van der Waals surface area contributed by atoms with Gasteiger partial charge < -0.3 is 10.1 Å². The molecule has 1 atom stereocenters. The minimum atomic E-state index is -0.195. The van der Waals surface area contributed by atoms with Crippen molar-refractivity contribution in [3.8, 4) is 5.75 Å². The van der Waals surface area contributed by atoms with Crippen LogP contribution in [-0.2, 0) is 11.2 Å². The molecule has 1 amide bonds. The van der Waals surface area contributed by atoms with Crippen molar-refractivity contribution >= 4 is 5.91 Å². The van der Waals surface area contributed by atoms with Crippen LogP contribution in [0, 0.1) is 0 Å². The summed E-state index contributed by atoms with van der Waals surface area (Å²) in [6.07, 6.45) is 3.09. The molecule has 0 aliphatic carbocycles. The van der Waals surface area contributed by atoms with Crippen LogP contribution in [0.3, 0.4) is 0 Å². The van der Waals surface area contributed by atoms with E-state index < -0.39 is 0 Å². The number of carbonyl (C=O) groups is 1. The summed E-state index contributed by atoms with van der Waals surface area (Å²) in [5.74, 6) is 0.960. The molecular weight excluding hydrogens is 298 g/mol. The molecule has 1 N–H and O–H groups in total. The van der Waals surface area contributed by atoms with E-state index in [1.807, 2.05) is 48.5 Å². The molecule has 1 aliphatic rings. The molecule has 0 spiro atoms. The molecule has 1 heterocycles. The number of fused-ring (bicyclic) bond motifs is 1. The van der Waals surface area contributed by atoms with Gasteiger partial charge in [0.25, 0.3) is 0 Å². The average molecular weight is 323 g/mol. The summed E-state index contributed by atoms with van der Waals surface area (Å²) in [4.78, 5) is 12.5. The highest BCUT2D eigenvalue weighted by Gasteiger charge is 2.38. The molecule has 0 saturated carbocycles. The number of benzene rings is 2. The third kappa shape index (κ3) is 3.45. The molecule has 0 saturated heterocycles. The first-order chi connectivity index (χ1) is 11.7. The summed E-state index contributed by atoms with van der Waals surface area (Å²) < 4.78 is 6.30. The third-order valence-electron chi connectivity index (χ3n) is 5.03. The number of rotatable bonds is 5. The highest BCUT2D eigenvalue weighted by molar-refractivity contribution is 5.79. The van der Waals surface area contributed by atoms with Crippen LogP contribution in [0.2, 0.25) is 0 Å². The van der Waals surface area contributed by atoms with Gasteiger partial charge in [-0.2, -0.15) is 0 Å². The number of hydrogen-bond donors (Lipinski definition) is 1. The van der Waals surface area contributed by atoms with Gasteiger partial charge in [0.05, 0.1) is 12.5 Å². The lowest BCUT2D eigenvalue weighted by Crippen LogP contribution is -2.44. The maximum Gasteiger partial charge on any atom is 0.224 e. The maximum absolute atomic E-state index is 12.5. The lowest BCUT2D eigenvalue weighted by atomic mass is 9.83. The topological polar surface area (TPSA) is 38.3 Å². The fourth-order valence-corrected chi connectivity index (χ4v) is 3.46. The summed E-state index contributed by atoms with van der Waals surface area (Å²) in [6.45, 7) is 4.31. The van der Waals surface area contributed by atoms with E-state index in [2.05, 4.69) is 25.2 Å². The van der Waals surface area contributed by atoms with Crippen LogP contribution in [0.25, 0.3) is 0 Å². The van der Waals surface area contributed by atoms with Gasteiger partial charge in [0.15, 0.2) is 0 Å². The second-order valence-corrected chi connectivity index (χ2v) is 6.52. The van der Waals surface area contributed by atoms with E-state index >= 15 is 0 Å². The molecule has 1 unspecified atom stereocenters. The average Bonchev–Trinajstić information content (AvgIpc) is 2.62. The van der Waals surface area contributed by atoms with Gasteiger partial charge in [-0.05, 0) is 24.5 Å². The number of ether oxygens (including phenoxy) is 1. The first-order valence-electron chi connectivity index (χ1n) is 8.77. The smallest absolute Gasteiger partial charge is 0.224 e. The molecule has 0 aromatic heterocycles. The summed E-state index contributed by atoms with van der Waals surface area (Å²) in [5, 5.41) is 3.23. The lowest BCUT2D eigenvalue weighted by molar-refractivity contribution is -0.121. The third-order valence-corrected chi connectivity index (χ3v) is 5.03. The zero-order valence-electron chi connectivity index (χ0n) is 14.4. The van der Waals surface area contributed by atoms with Crippen LogP contribution in [0.5, 0.6) is 5.75 Å². The number of nitrogens with one attached hydrogen (secondary N) is 1. The van der Waals surface area contributed by atoms with Crippen molar-refractivity contribution < 1.29 is 9.53 Å². The molecular formula is C21H25NO2. The SMILES string of the molecule is CCC1(CC)CC(NC(=O)Cc2ccccc2)c2ccccc2O1. The molecule has 126 valence electrons. The summed E-state index contributed by atoms with van der Waals surface area (Å²) in [7, 11) is 0. The quantitative estimate of drug-likeness (QED) is 0.884. The number of amides is 1. The molecule has 3 nitrogen and oxygen atoms in total. The Bertz CT molecular complexity index is 692. The summed E-state index contributed by atoms with van der Waals surface area (Å²) in [6, 6.07) is 17.9. The Morgan fingerprint density at radius 2 is 1.75 bits per heavy atom. The fourth-order valence-electron chi connectivity index (χ4n) is 3.46. The van der Waals surface area contributed by atoms with Gasteiger partial charge in [-0.25, -0.2) is 0 Å². The number of para-hydroxylation sites is 1. The molecule has 2 aromatic carbocycles. The van der Waals surface area contributed by atoms with E-state index in [-0.39, 0.29) is 17.6 Å². The highest BCUT2D eigenvalue weighted by atomic mass is 16.5. The second-order valence-electron chi connectivity index (χ2n) is 6.52. The minimum Gasteiger partial charge on any atom is -0.487 e. The number of carbonyl (C=O) groups excluding carboxylic acids is 1. The van der Waals surface area contributed by atoms with Gasteiger partial charge in [0.2, 0.25) is 5.91 Å². The summed E-state index contributed by atoms with van der Waals surface area (Å²) in [5.41, 5.74) is 1.92. The van der Waals surface area contributed by atoms with Crippen LogP contribution in [0.1, 0.15) is 50.3 Å². The number of hydrogen-bond acceptors (Lipinski definition) is 2. The molecule has 0 fully saturated rings. The Balaban J connectivity index is 1.79. The van der Waals surface area contributed by atoms with Gasteiger partial charge in [-0.15, -0.1) is 0 Å². The molecule has 1 aliphatic heterocycles. The second kappa shape index (κ2) is 7.08. The van der Waals surface area contributed by atoms with Crippen molar-refractivity contribution in [1.82, 2.24) is 5.32 Å². The van der Waals surface area contributed by atoms with Crippen molar-refractivity contribution in [2.75, 3.05) is 0 Å². The first kappa shape index (κ1) is 16.6. The van der Waals surface area contributed by atoms with E-state index in [4.69, 9.17) is 4.74 Å². The van der Waals surface area contributed by atoms with E-state index in [0.29, 0.717) is 6.42 Å².